The number of nitrogens with zero attached hydrogens (tertiary/aromatic N) is 1. The topological polar surface area (TPSA) is 54.7 Å². The average Bonchev–Trinajstić information content (AvgIpc) is 2.14. The van der Waals surface area contributed by atoms with Gasteiger partial charge in [0.05, 0.1) is 12.7 Å². The Balaban J connectivity index is 2.84. The molecule has 0 aliphatic rings. The number of aromatic amines is 1. The highest BCUT2D eigenvalue weighted by Gasteiger charge is 1.91. The molecule has 1 aromatic heterocycles. The van der Waals surface area contributed by atoms with Gasteiger partial charge in [0, 0.05) is 0 Å². The lowest BCUT2D eigenvalue weighted by Crippen LogP contribution is -1.97. The molecular weight excluding hydrogens is 170 g/mol. The van der Waals surface area contributed by atoms with E-state index in [9.17, 15) is 0 Å². The summed E-state index contributed by atoms with van der Waals surface area (Å²) < 4.78 is 0.873. The maximum absolute atomic E-state index is 5.25. The summed E-state index contributed by atoms with van der Waals surface area (Å²) in [5.74, 6) is 0.803. The van der Waals surface area contributed by atoms with Crippen molar-refractivity contribution >= 4 is 15.9 Å². The molecule has 0 bridgehead atoms. The molecule has 0 saturated carbocycles. The smallest absolute Gasteiger partial charge is 0.120 e. The van der Waals surface area contributed by atoms with Crippen molar-refractivity contribution in [1.82, 2.24) is 9.97 Å². The highest BCUT2D eigenvalue weighted by Crippen LogP contribution is 2.03. The fourth-order valence-electron chi connectivity index (χ4n) is 0.441. The summed E-state index contributed by atoms with van der Waals surface area (Å²) in [5, 5.41) is 0. The quantitative estimate of drug-likeness (QED) is 0.659. The van der Waals surface area contributed by atoms with Crippen molar-refractivity contribution in [3.05, 3.63) is 16.6 Å². The second-order valence-electron chi connectivity index (χ2n) is 1.38. The van der Waals surface area contributed by atoms with Gasteiger partial charge in [0.15, 0.2) is 0 Å². The minimum atomic E-state index is 0.464. The first kappa shape index (κ1) is 5.78. The first-order valence-corrected chi connectivity index (χ1v) is 3.01. The molecule has 0 unspecified atom stereocenters. The molecular formula is C4H6BrN3. The van der Waals surface area contributed by atoms with Gasteiger partial charge in [0.25, 0.3) is 0 Å². The number of hydrogen-bond acceptors (Lipinski definition) is 2. The highest BCUT2D eigenvalue weighted by atomic mass is 79.9. The molecule has 0 radical (unpaired) electrons. The third-order valence-electron chi connectivity index (χ3n) is 0.791. The molecule has 0 saturated heterocycles. The summed E-state index contributed by atoms with van der Waals surface area (Å²) in [7, 11) is 0. The molecule has 0 fully saturated rings. The Morgan fingerprint density at radius 1 is 1.88 bits per heavy atom. The number of imidazole rings is 1. The number of nitrogens with one attached hydrogen (secondary N) is 1. The molecule has 0 aliphatic heterocycles. The Bertz CT molecular complexity index is 172. The van der Waals surface area contributed by atoms with Crippen molar-refractivity contribution in [2.75, 3.05) is 0 Å². The standard InChI is InChI=1S/C4H6BrN3/c5-3-2-7-4(1-6)8-3/h2H,1,6H2,(H,7,8). The maximum atomic E-state index is 5.25. The zero-order valence-electron chi connectivity index (χ0n) is 4.19. The molecule has 0 amide bonds. The second kappa shape index (κ2) is 2.28. The normalized spacial score (nSPS) is 9.75. The van der Waals surface area contributed by atoms with Crippen LogP contribution in [0.4, 0.5) is 0 Å². The van der Waals surface area contributed by atoms with Crippen LogP contribution in [0.2, 0.25) is 0 Å². The summed E-state index contributed by atoms with van der Waals surface area (Å²) >= 11 is 3.20. The number of aromatic nitrogens is 2. The van der Waals surface area contributed by atoms with Gasteiger partial charge in [-0.25, -0.2) is 4.98 Å². The molecule has 4 heteroatoms. The molecule has 1 heterocycles. The zero-order valence-corrected chi connectivity index (χ0v) is 5.77. The summed E-state index contributed by atoms with van der Waals surface area (Å²) in [5.41, 5.74) is 5.25. The lowest BCUT2D eigenvalue weighted by Gasteiger charge is -1.81. The minimum Gasteiger partial charge on any atom is -0.336 e. The molecule has 1 aromatic rings. The van der Waals surface area contributed by atoms with E-state index in [2.05, 4.69) is 25.9 Å². The molecule has 44 valence electrons. The van der Waals surface area contributed by atoms with Gasteiger partial charge in [-0.2, -0.15) is 0 Å². The molecule has 0 aromatic carbocycles. The van der Waals surface area contributed by atoms with Crippen LogP contribution in [0.1, 0.15) is 5.82 Å². The van der Waals surface area contributed by atoms with Gasteiger partial charge in [-0.15, -0.1) is 0 Å². The van der Waals surface area contributed by atoms with Crippen LogP contribution in [0.25, 0.3) is 0 Å². The molecule has 0 aliphatic carbocycles. The fourth-order valence-corrected chi connectivity index (χ4v) is 0.772. The number of H-pyrrole nitrogens is 1. The molecule has 1 rings (SSSR count). The maximum Gasteiger partial charge on any atom is 0.120 e. The van der Waals surface area contributed by atoms with Crippen LogP contribution >= 0.6 is 15.9 Å². The Kier molecular flexibility index (Phi) is 1.65. The fraction of sp³-hybridized carbons (Fsp3) is 0.250. The van der Waals surface area contributed by atoms with Crippen LogP contribution in [0.15, 0.2) is 10.8 Å². The van der Waals surface area contributed by atoms with E-state index in [-0.39, 0.29) is 0 Å². The summed E-state index contributed by atoms with van der Waals surface area (Å²) in [6.45, 7) is 0.464. The summed E-state index contributed by atoms with van der Waals surface area (Å²) in [6, 6.07) is 0. The van der Waals surface area contributed by atoms with Crippen LogP contribution < -0.4 is 5.73 Å². The van der Waals surface area contributed by atoms with Gasteiger partial charge in [-0.3, -0.25) is 0 Å². The van der Waals surface area contributed by atoms with Crippen LogP contribution in [-0.4, -0.2) is 9.97 Å². The van der Waals surface area contributed by atoms with Crippen LogP contribution in [0.5, 0.6) is 0 Å². The van der Waals surface area contributed by atoms with Gasteiger partial charge in [-0.05, 0) is 15.9 Å². The van der Waals surface area contributed by atoms with E-state index in [0.29, 0.717) is 6.54 Å². The summed E-state index contributed by atoms with van der Waals surface area (Å²) in [6.07, 6.45) is 1.68. The number of halogens is 1. The molecule has 0 spiro atoms. The molecule has 3 nitrogen and oxygen atoms in total. The van der Waals surface area contributed by atoms with Crippen LogP contribution in [0, 0.1) is 0 Å². The Hall–Kier alpha value is -0.350. The van der Waals surface area contributed by atoms with Crippen molar-refractivity contribution in [2.24, 2.45) is 5.73 Å². The van der Waals surface area contributed by atoms with Crippen molar-refractivity contribution < 1.29 is 0 Å². The van der Waals surface area contributed by atoms with Crippen molar-refractivity contribution in [3.63, 3.8) is 0 Å². The molecule has 3 N–H and O–H groups in total. The van der Waals surface area contributed by atoms with Crippen molar-refractivity contribution in [1.29, 1.82) is 0 Å². The van der Waals surface area contributed by atoms with Crippen LogP contribution in [-0.2, 0) is 6.54 Å². The van der Waals surface area contributed by atoms with Gasteiger partial charge < -0.3 is 10.7 Å². The predicted octanol–water partition coefficient (Wildman–Crippen LogP) is 0.631. The van der Waals surface area contributed by atoms with E-state index in [1.165, 1.54) is 0 Å². The molecule has 8 heavy (non-hydrogen) atoms. The van der Waals surface area contributed by atoms with E-state index in [0.717, 1.165) is 10.4 Å². The lowest BCUT2D eigenvalue weighted by molar-refractivity contribution is 0.947. The monoisotopic (exact) mass is 175 g/mol. The Labute approximate surface area is 55.4 Å². The zero-order chi connectivity index (χ0) is 5.98. The Morgan fingerprint density at radius 2 is 2.62 bits per heavy atom. The second-order valence-corrected chi connectivity index (χ2v) is 2.24. The van der Waals surface area contributed by atoms with Gasteiger partial charge in [0.2, 0.25) is 0 Å². The number of rotatable bonds is 1. The van der Waals surface area contributed by atoms with E-state index in [1.54, 1.807) is 6.20 Å². The lowest BCUT2D eigenvalue weighted by atomic mass is 10.6. The van der Waals surface area contributed by atoms with E-state index in [1.807, 2.05) is 0 Å². The van der Waals surface area contributed by atoms with E-state index >= 15 is 0 Å². The van der Waals surface area contributed by atoms with E-state index < -0.39 is 0 Å². The third kappa shape index (κ3) is 1.08. The predicted molar refractivity (Wildman–Crippen MR) is 34.2 cm³/mol. The van der Waals surface area contributed by atoms with Gasteiger partial charge >= 0.3 is 0 Å². The van der Waals surface area contributed by atoms with Gasteiger partial charge in [-0.1, -0.05) is 0 Å². The van der Waals surface area contributed by atoms with Crippen LogP contribution in [0.3, 0.4) is 0 Å². The largest absolute Gasteiger partial charge is 0.336 e. The average molecular weight is 176 g/mol. The summed E-state index contributed by atoms with van der Waals surface area (Å²) in [4.78, 5) is 6.81. The minimum absolute atomic E-state index is 0.464. The van der Waals surface area contributed by atoms with Gasteiger partial charge in [0.1, 0.15) is 10.4 Å². The van der Waals surface area contributed by atoms with Crippen molar-refractivity contribution in [3.8, 4) is 0 Å². The SMILES string of the molecule is NCc1ncc(Br)[nH]1. The molecule has 0 atom stereocenters. The first-order valence-electron chi connectivity index (χ1n) is 2.22. The highest BCUT2D eigenvalue weighted by molar-refractivity contribution is 9.10. The first-order chi connectivity index (χ1) is 3.83. The third-order valence-corrected chi connectivity index (χ3v) is 1.19. The van der Waals surface area contributed by atoms with E-state index in [4.69, 9.17) is 5.73 Å². The number of nitrogens with two attached hydrogens (primary N) is 1. The number of hydrogen-bond donors (Lipinski definition) is 2. The van der Waals surface area contributed by atoms with Crippen molar-refractivity contribution in [2.45, 2.75) is 6.54 Å². The Morgan fingerprint density at radius 3 is 2.88 bits per heavy atom.